The van der Waals surface area contributed by atoms with E-state index in [1.165, 1.54) is 12.5 Å². The number of anilines is 1. The van der Waals surface area contributed by atoms with Crippen molar-refractivity contribution >= 4 is 17.4 Å². The highest BCUT2D eigenvalue weighted by atomic mass is 35.5. The smallest absolute Gasteiger partial charge is 0.150 e. The Morgan fingerprint density at radius 1 is 1.57 bits per heavy atom. The van der Waals surface area contributed by atoms with Gasteiger partial charge >= 0.3 is 0 Å². The van der Waals surface area contributed by atoms with E-state index in [2.05, 4.69) is 9.97 Å². The first kappa shape index (κ1) is 11.2. The molecule has 1 heterocycles. The second-order valence-electron chi connectivity index (χ2n) is 3.86. The number of halogens is 1. The van der Waals surface area contributed by atoms with E-state index >= 15 is 0 Å². The maximum atomic E-state index is 9.61. The van der Waals surface area contributed by atoms with Gasteiger partial charge in [-0.25, -0.2) is 9.97 Å². The van der Waals surface area contributed by atoms with E-state index in [9.17, 15) is 5.11 Å². The van der Waals surface area contributed by atoms with Crippen molar-refractivity contribution in [2.75, 3.05) is 18.5 Å². The summed E-state index contributed by atoms with van der Waals surface area (Å²) in [6.07, 6.45) is 2.97. The highest BCUT2D eigenvalue weighted by Gasteiger charge is 2.17. The van der Waals surface area contributed by atoms with Gasteiger partial charge in [-0.1, -0.05) is 11.6 Å². The van der Waals surface area contributed by atoms with Gasteiger partial charge in [0.05, 0.1) is 11.8 Å². The maximum Gasteiger partial charge on any atom is 0.150 e. The molecule has 4 nitrogen and oxygen atoms in total. The molecule has 1 aromatic rings. The van der Waals surface area contributed by atoms with Crippen molar-refractivity contribution in [3.63, 3.8) is 0 Å². The minimum atomic E-state index is -0.775. The van der Waals surface area contributed by atoms with Gasteiger partial charge in [0.2, 0.25) is 0 Å². The van der Waals surface area contributed by atoms with Crippen LogP contribution in [0, 0.1) is 0 Å². The molecule has 0 aliphatic rings. The normalized spacial score (nSPS) is 11.5. The van der Waals surface area contributed by atoms with Gasteiger partial charge in [0.1, 0.15) is 11.3 Å². The Morgan fingerprint density at radius 3 is 2.71 bits per heavy atom. The number of likely N-dealkylation sites (N-methyl/N-ethyl adjacent to an activating group) is 1. The van der Waals surface area contributed by atoms with Gasteiger partial charge in [-0.2, -0.15) is 0 Å². The van der Waals surface area contributed by atoms with Crippen LogP contribution in [0.5, 0.6) is 0 Å². The fraction of sp³-hybridized carbons (Fsp3) is 0.556. The third-order valence-corrected chi connectivity index (χ3v) is 1.90. The van der Waals surface area contributed by atoms with Crippen LogP contribution >= 0.6 is 11.6 Å². The molecular weight excluding hydrogens is 202 g/mol. The summed E-state index contributed by atoms with van der Waals surface area (Å²) in [6, 6.07) is 0. The molecule has 0 amide bonds. The molecule has 0 unspecified atom stereocenters. The van der Waals surface area contributed by atoms with Gasteiger partial charge in [-0.15, -0.1) is 0 Å². The van der Waals surface area contributed by atoms with Gasteiger partial charge in [-0.05, 0) is 13.8 Å². The molecule has 0 saturated heterocycles. The van der Waals surface area contributed by atoms with Crippen LogP contribution in [-0.2, 0) is 0 Å². The van der Waals surface area contributed by atoms with Gasteiger partial charge < -0.3 is 10.0 Å². The Kier molecular flexibility index (Phi) is 3.29. The Bertz CT molecular complexity index is 311. The third-order valence-electron chi connectivity index (χ3n) is 1.63. The molecule has 0 aliphatic carbocycles. The lowest BCUT2D eigenvalue weighted by atomic mass is 10.1. The molecular formula is C9H14ClN3O. The van der Waals surface area contributed by atoms with Crippen molar-refractivity contribution in [3.8, 4) is 0 Å². The molecule has 0 bridgehead atoms. The molecule has 14 heavy (non-hydrogen) atoms. The molecule has 0 aliphatic heterocycles. The Balaban J connectivity index is 2.80. The molecule has 0 spiro atoms. The minimum Gasteiger partial charge on any atom is -0.389 e. The number of hydrogen-bond donors (Lipinski definition) is 1. The summed E-state index contributed by atoms with van der Waals surface area (Å²) in [6.45, 7) is 3.93. The lowest BCUT2D eigenvalue weighted by Crippen LogP contribution is -2.36. The summed E-state index contributed by atoms with van der Waals surface area (Å²) in [5.74, 6) is 0.629. The van der Waals surface area contributed by atoms with E-state index in [0.717, 1.165) is 0 Å². The molecule has 1 N–H and O–H groups in total. The minimum absolute atomic E-state index is 0.462. The van der Waals surface area contributed by atoms with Gasteiger partial charge in [0, 0.05) is 13.6 Å². The second-order valence-corrected chi connectivity index (χ2v) is 4.27. The maximum absolute atomic E-state index is 9.61. The highest BCUT2D eigenvalue weighted by Crippen LogP contribution is 2.21. The first-order chi connectivity index (χ1) is 6.40. The van der Waals surface area contributed by atoms with Crippen LogP contribution in [0.1, 0.15) is 13.8 Å². The molecule has 5 heteroatoms. The molecule has 0 aromatic carbocycles. The van der Waals surface area contributed by atoms with Gasteiger partial charge in [-0.3, -0.25) is 0 Å². The molecule has 0 atom stereocenters. The topological polar surface area (TPSA) is 49.2 Å². The predicted octanol–water partition coefficient (Wildman–Crippen LogP) is 1.34. The molecule has 0 fully saturated rings. The van der Waals surface area contributed by atoms with Crippen LogP contribution < -0.4 is 4.90 Å². The van der Waals surface area contributed by atoms with E-state index in [1.807, 2.05) is 7.05 Å². The number of aliphatic hydroxyl groups is 1. The zero-order valence-corrected chi connectivity index (χ0v) is 9.28. The first-order valence-corrected chi connectivity index (χ1v) is 4.67. The largest absolute Gasteiger partial charge is 0.389 e. The monoisotopic (exact) mass is 215 g/mol. The molecule has 0 radical (unpaired) electrons. The average Bonchev–Trinajstić information content (AvgIpc) is 2.01. The fourth-order valence-electron chi connectivity index (χ4n) is 1.24. The van der Waals surface area contributed by atoms with Crippen molar-refractivity contribution in [1.82, 2.24) is 9.97 Å². The first-order valence-electron chi connectivity index (χ1n) is 4.29. The van der Waals surface area contributed by atoms with E-state index in [1.54, 1.807) is 18.7 Å². The Hall–Kier alpha value is -0.870. The summed E-state index contributed by atoms with van der Waals surface area (Å²) >= 11 is 5.90. The van der Waals surface area contributed by atoms with Crippen LogP contribution in [0.25, 0.3) is 0 Å². The van der Waals surface area contributed by atoms with Crippen molar-refractivity contribution in [2.45, 2.75) is 19.4 Å². The number of nitrogens with zero attached hydrogens (tertiary/aromatic N) is 3. The SMILES string of the molecule is CN(CC(C)(C)O)c1ncncc1Cl. The third kappa shape index (κ3) is 3.12. The van der Waals surface area contributed by atoms with Crippen LogP contribution in [0.15, 0.2) is 12.5 Å². The van der Waals surface area contributed by atoms with Crippen molar-refractivity contribution in [1.29, 1.82) is 0 Å². The Morgan fingerprint density at radius 2 is 2.21 bits per heavy atom. The van der Waals surface area contributed by atoms with Crippen LogP contribution in [0.3, 0.4) is 0 Å². The van der Waals surface area contributed by atoms with Crippen LogP contribution in [0.2, 0.25) is 5.02 Å². The Labute approximate surface area is 88.6 Å². The van der Waals surface area contributed by atoms with Gasteiger partial charge in [0.15, 0.2) is 5.82 Å². The number of hydrogen-bond acceptors (Lipinski definition) is 4. The molecule has 1 rings (SSSR count). The molecule has 1 aromatic heterocycles. The standard InChI is InChI=1S/C9H14ClN3O/c1-9(2,14)5-13(3)8-7(10)4-11-6-12-8/h4,6,14H,5H2,1-3H3. The van der Waals surface area contributed by atoms with Crippen LogP contribution in [-0.4, -0.2) is 34.3 Å². The van der Waals surface area contributed by atoms with E-state index < -0.39 is 5.60 Å². The average molecular weight is 216 g/mol. The number of rotatable bonds is 3. The summed E-state index contributed by atoms with van der Waals surface area (Å²) in [4.78, 5) is 9.62. The number of aromatic nitrogens is 2. The quantitative estimate of drug-likeness (QED) is 0.827. The predicted molar refractivity (Wildman–Crippen MR) is 56.6 cm³/mol. The molecule has 0 saturated carbocycles. The summed E-state index contributed by atoms with van der Waals surface area (Å²) in [5.41, 5.74) is -0.775. The van der Waals surface area contributed by atoms with E-state index in [4.69, 9.17) is 11.6 Å². The van der Waals surface area contributed by atoms with Crippen molar-refractivity contribution in [2.24, 2.45) is 0 Å². The second kappa shape index (κ2) is 4.11. The molecule has 78 valence electrons. The lowest BCUT2D eigenvalue weighted by Gasteiger charge is -2.26. The highest BCUT2D eigenvalue weighted by molar-refractivity contribution is 6.32. The fourth-order valence-corrected chi connectivity index (χ4v) is 1.49. The van der Waals surface area contributed by atoms with Crippen molar-refractivity contribution in [3.05, 3.63) is 17.5 Å². The summed E-state index contributed by atoms with van der Waals surface area (Å²) < 4.78 is 0. The zero-order valence-electron chi connectivity index (χ0n) is 8.53. The summed E-state index contributed by atoms with van der Waals surface area (Å²) in [5, 5.41) is 10.1. The zero-order chi connectivity index (χ0) is 10.8. The van der Waals surface area contributed by atoms with Crippen LogP contribution in [0.4, 0.5) is 5.82 Å². The van der Waals surface area contributed by atoms with Crippen molar-refractivity contribution < 1.29 is 5.11 Å². The van der Waals surface area contributed by atoms with Gasteiger partial charge in [0.25, 0.3) is 0 Å². The lowest BCUT2D eigenvalue weighted by molar-refractivity contribution is 0.0884. The van der Waals surface area contributed by atoms with E-state index in [0.29, 0.717) is 17.4 Å². The summed E-state index contributed by atoms with van der Waals surface area (Å²) in [7, 11) is 1.83. The van der Waals surface area contributed by atoms with E-state index in [-0.39, 0.29) is 0 Å².